The number of hydrogen-bond acceptors (Lipinski definition) is 3. The summed E-state index contributed by atoms with van der Waals surface area (Å²) in [6.07, 6.45) is 1.70. The zero-order valence-electron chi connectivity index (χ0n) is 8.33. The minimum absolute atomic E-state index is 0.366. The van der Waals surface area contributed by atoms with Crippen molar-refractivity contribution < 1.29 is 0 Å². The van der Waals surface area contributed by atoms with Gasteiger partial charge in [-0.05, 0) is 17.5 Å². The van der Waals surface area contributed by atoms with E-state index in [0.717, 1.165) is 27.8 Å². The maximum Gasteiger partial charge on any atom is 0.0903 e. The number of rotatable bonds is 1. The number of anilines is 2. The molecule has 0 aliphatic carbocycles. The van der Waals surface area contributed by atoms with Crippen molar-refractivity contribution in [2.24, 2.45) is 0 Å². The van der Waals surface area contributed by atoms with Crippen LogP contribution in [0.3, 0.4) is 0 Å². The number of aromatic amines is 1. The van der Waals surface area contributed by atoms with Crippen molar-refractivity contribution in [1.29, 1.82) is 0 Å². The molecule has 0 fully saturated rings. The quantitative estimate of drug-likeness (QED) is 0.600. The van der Waals surface area contributed by atoms with Gasteiger partial charge >= 0.3 is 0 Å². The van der Waals surface area contributed by atoms with E-state index in [0.29, 0.717) is 5.92 Å². The minimum atomic E-state index is 0.366. The van der Waals surface area contributed by atoms with Gasteiger partial charge in [-0.2, -0.15) is 5.10 Å². The first kappa shape index (κ1) is 8.87. The normalized spacial score (nSPS) is 11.4. The second kappa shape index (κ2) is 2.90. The molecule has 0 atom stereocenters. The summed E-state index contributed by atoms with van der Waals surface area (Å²) in [6.45, 7) is 4.18. The van der Waals surface area contributed by atoms with Crippen LogP contribution in [0.15, 0.2) is 12.3 Å². The molecule has 0 saturated carbocycles. The number of nitrogens with one attached hydrogen (secondary N) is 1. The molecule has 4 nitrogen and oxygen atoms in total. The summed E-state index contributed by atoms with van der Waals surface area (Å²) < 4.78 is 0. The molecule has 0 unspecified atom stereocenters. The molecule has 5 N–H and O–H groups in total. The molecule has 14 heavy (non-hydrogen) atoms. The molecule has 1 aromatic carbocycles. The van der Waals surface area contributed by atoms with Gasteiger partial charge in [0.15, 0.2) is 0 Å². The molecule has 0 spiro atoms. The summed E-state index contributed by atoms with van der Waals surface area (Å²) in [5.41, 5.74) is 15.3. The first-order valence-corrected chi connectivity index (χ1v) is 4.62. The van der Waals surface area contributed by atoms with Crippen LogP contribution in [-0.2, 0) is 0 Å². The summed E-state index contributed by atoms with van der Waals surface area (Å²) in [5, 5.41) is 7.70. The standard InChI is InChI=1S/C10H14N4/c1-5(2)6-3-8(11)7-4-13-14-10(7)9(6)12/h3-5H,11-12H2,1-2H3,(H,13,14). The molecular weight excluding hydrogens is 176 g/mol. The second-order valence-corrected chi connectivity index (χ2v) is 3.78. The molecule has 2 aromatic rings. The van der Waals surface area contributed by atoms with E-state index in [2.05, 4.69) is 24.0 Å². The maximum atomic E-state index is 6.01. The molecule has 4 heteroatoms. The van der Waals surface area contributed by atoms with Crippen LogP contribution in [0.2, 0.25) is 0 Å². The van der Waals surface area contributed by atoms with Gasteiger partial charge < -0.3 is 11.5 Å². The minimum Gasteiger partial charge on any atom is -0.398 e. The highest BCUT2D eigenvalue weighted by atomic mass is 15.1. The van der Waals surface area contributed by atoms with Crippen LogP contribution in [0.5, 0.6) is 0 Å². The SMILES string of the molecule is CC(C)c1cc(N)c2cn[nH]c2c1N. The van der Waals surface area contributed by atoms with Crippen molar-refractivity contribution in [3.63, 3.8) is 0 Å². The third-order valence-electron chi connectivity index (χ3n) is 2.46. The van der Waals surface area contributed by atoms with E-state index in [4.69, 9.17) is 11.5 Å². The smallest absolute Gasteiger partial charge is 0.0903 e. The Balaban J connectivity index is 2.82. The molecule has 0 amide bonds. The Morgan fingerprint density at radius 3 is 2.71 bits per heavy atom. The Labute approximate surface area is 82.3 Å². The summed E-state index contributed by atoms with van der Waals surface area (Å²) in [4.78, 5) is 0. The van der Waals surface area contributed by atoms with E-state index in [1.54, 1.807) is 6.20 Å². The molecule has 0 aliphatic heterocycles. The van der Waals surface area contributed by atoms with Crippen LogP contribution in [0.1, 0.15) is 25.3 Å². The maximum absolute atomic E-state index is 6.01. The van der Waals surface area contributed by atoms with Crippen molar-refractivity contribution in [1.82, 2.24) is 10.2 Å². The van der Waals surface area contributed by atoms with Crippen LogP contribution in [0.25, 0.3) is 10.9 Å². The number of H-pyrrole nitrogens is 1. The zero-order valence-corrected chi connectivity index (χ0v) is 8.33. The first-order chi connectivity index (χ1) is 6.61. The number of nitrogens with two attached hydrogens (primary N) is 2. The zero-order chi connectivity index (χ0) is 10.3. The average Bonchev–Trinajstić information content (AvgIpc) is 2.59. The molecule has 0 radical (unpaired) electrons. The molecular formula is C10H14N4. The Bertz CT molecular complexity index is 470. The van der Waals surface area contributed by atoms with Crippen molar-refractivity contribution >= 4 is 22.3 Å². The van der Waals surface area contributed by atoms with Gasteiger partial charge in [-0.3, -0.25) is 5.10 Å². The predicted octanol–water partition coefficient (Wildman–Crippen LogP) is 1.85. The van der Waals surface area contributed by atoms with Gasteiger partial charge in [0, 0.05) is 11.1 Å². The lowest BCUT2D eigenvalue weighted by molar-refractivity contribution is 0.871. The molecule has 0 saturated heterocycles. The fourth-order valence-electron chi connectivity index (χ4n) is 1.66. The molecule has 0 aliphatic rings. The largest absolute Gasteiger partial charge is 0.398 e. The summed E-state index contributed by atoms with van der Waals surface area (Å²) in [7, 11) is 0. The highest BCUT2D eigenvalue weighted by Crippen LogP contribution is 2.32. The lowest BCUT2D eigenvalue weighted by atomic mass is 9.98. The van der Waals surface area contributed by atoms with E-state index in [1.807, 2.05) is 6.07 Å². The predicted molar refractivity (Wildman–Crippen MR) is 59.0 cm³/mol. The van der Waals surface area contributed by atoms with Crippen LogP contribution in [0, 0.1) is 0 Å². The van der Waals surface area contributed by atoms with Gasteiger partial charge in [0.05, 0.1) is 17.4 Å². The summed E-state index contributed by atoms with van der Waals surface area (Å²) in [6, 6.07) is 1.93. The monoisotopic (exact) mass is 190 g/mol. The lowest BCUT2D eigenvalue weighted by Gasteiger charge is -2.11. The Morgan fingerprint density at radius 1 is 1.36 bits per heavy atom. The van der Waals surface area contributed by atoms with E-state index < -0.39 is 0 Å². The second-order valence-electron chi connectivity index (χ2n) is 3.78. The van der Waals surface area contributed by atoms with E-state index in [1.165, 1.54) is 0 Å². The number of nitrogens with zero attached hydrogens (tertiary/aromatic N) is 1. The molecule has 0 bridgehead atoms. The van der Waals surface area contributed by atoms with Gasteiger partial charge in [-0.25, -0.2) is 0 Å². The molecule has 2 rings (SSSR count). The Hall–Kier alpha value is -1.71. The highest BCUT2D eigenvalue weighted by Gasteiger charge is 2.11. The van der Waals surface area contributed by atoms with Crippen LogP contribution >= 0.6 is 0 Å². The number of benzene rings is 1. The van der Waals surface area contributed by atoms with Crippen molar-refractivity contribution in [3.05, 3.63) is 17.8 Å². The molecule has 1 heterocycles. The molecule has 1 aromatic heterocycles. The van der Waals surface area contributed by atoms with Gasteiger partial charge in [-0.15, -0.1) is 0 Å². The van der Waals surface area contributed by atoms with Crippen LogP contribution in [-0.4, -0.2) is 10.2 Å². The number of nitrogen functional groups attached to an aromatic ring is 2. The Kier molecular flexibility index (Phi) is 1.84. The average molecular weight is 190 g/mol. The fourth-order valence-corrected chi connectivity index (χ4v) is 1.66. The van der Waals surface area contributed by atoms with Crippen molar-refractivity contribution in [2.75, 3.05) is 11.5 Å². The van der Waals surface area contributed by atoms with E-state index >= 15 is 0 Å². The van der Waals surface area contributed by atoms with Gasteiger partial charge in [0.1, 0.15) is 0 Å². The van der Waals surface area contributed by atoms with Gasteiger partial charge in [0.25, 0.3) is 0 Å². The highest BCUT2D eigenvalue weighted by molar-refractivity contribution is 5.99. The number of aromatic nitrogens is 2. The van der Waals surface area contributed by atoms with Crippen LogP contribution in [0.4, 0.5) is 11.4 Å². The Morgan fingerprint density at radius 2 is 2.07 bits per heavy atom. The van der Waals surface area contributed by atoms with Crippen LogP contribution < -0.4 is 11.5 Å². The third kappa shape index (κ3) is 1.11. The van der Waals surface area contributed by atoms with Crippen molar-refractivity contribution in [2.45, 2.75) is 19.8 Å². The molecule has 74 valence electrons. The summed E-state index contributed by atoms with van der Waals surface area (Å²) in [5.74, 6) is 0.366. The number of hydrogen-bond donors (Lipinski definition) is 3. The van der Waals surface area contributed by atoms with E-state index in [9.17, 15) is 0 Å². The fraction of sp³-hybridized carbons (Fsp3) is 0.300. The number of fused-ring (bicyclic) bond motifs is 1. The first-order valence-electron chi connectivity index (χ1n) is 4.62. The van der Waals surface area contributed by atoms with Gasteiger partial charge in [0.2, 0.25) is 0 Å². The van der Waals surface area contributed by atoms with Gasteiger partial charge in [-0.1, -0.05) is 13.8 Å². The topological polar surface area (TPSA) is 80.7 Å². The summed E-state index contributed by atoms with van der Waals surface area (Å²) >= 11 is 0. The third-order valence-corrected chi connectivity index (χ3v) is 2.46. The lowest BCUT2D eigenvalue weighted by Crippen LogP contribution is -2.00. The van der Waals surface area contributed by atoms with Crippen molar-refractivity contribution in [3.8, 4) is 0 Å². The van der Waals surface area contributed by atoms with E-state index in [-0.39, 0.29) is 0 Å².